The van der Waals surface area contributed by atoms with Gasteiger partial charge in [-0.15, -0.1) is 0 Å². The molecule has 2 atom stereocenters. The minimum Gasteiger partial charge on any atom is -0.352 e. The monoisotopic (exact) mass is 567 g/mol. The first-order valence-corrected chi connectivity index (χ1v) is 15.3. The molecule has 0 spiro atoms. The molecule has 0 radical (unpaired) electrons. The molecule has 0 aliphatic carbocycles. The maximum atomic E-state index is 14.0. The maximum Gasteiger partial charge on any atom is 0.244 e. The van der Waals surface area contributed by atoms with E-state index in [1.807, 2.05) is 63.2 Å². The highest BCUT2D eigenvalue weighted by molar-refractivity contribution is 7.92. The molecule has 0 fully saturated rings. The van der Waals surface area contributed by atoms with Gasteiger partial charge in [-0.1, -0.05) is 68.4 Å². The molecule has 1 N–H and O–H groups in total. The molecule has 0 bridgehead atoms. The molecule has 0 aliphatic rings. The molecule has 214 valence electrons. The minimum atomic E-state index is -3.84. The number of halogens is 1. The highest BCUT2D eigenvalue weighted by Gasteiger charge is 2.33. The van der Waals surface area contributed by atoms with Crippen molar-refractivity contribution in [3.63, 3.8) is 0 Å². The summed E-state index contributed by atoms with van der Waals surface area (Å²) >= 11 is 0. The lowest BCUT2D eigenvalue weighted by molar-refractivity contribution is -0.140. The van der Waals surface area contributed by atoms with Crippen LogP contribution in [0.4, 0.5) is 10.1 Å². The lowest BCUT2D eigenvalue weighted by Crippen LogP contribution is -2.54. The summed E-state index contributed by atoms with van der Waals surface area (Å²) in [5.74, 6) is -1.31. The number of nitrogens with zero attached hydrogens (tertiary/aromatic N) is 2. The van der Waals surface area contributed by atoms with Crippen LogP contribution in [0.3, 0.4) is 0 Å². The number of sulfonamides is 1. The molecule has 7 nitrogen and oxygen atoms in total. The largest absolute Gasteiger partial charge is 0.352 e. The van der Waals surface area contributed by atoms with Crippen LogP contribution >= 0.6 is 0 Å². The summed E-state index contributed by atoms with van der Waals surface area (Å²) in [5, 5.41) is 2.98. The van der Waals surface area contributed by atoms with Gasteiger partial charge in [-0.2, -0.15) is 0 Å². The third kappa shape index (κ3) is 8.64. The molecule has 3 aromatic rings. The first-order valence-electron chi connectivity index (χ1n) is 13.5. The highest BCUT2D eigenvalue weighted by Crippen LogP contribution is 2.21. The van der Waals surface area contributed by atoms with Crippen LogP contribution in [0.1, 0.15) is 43.9 Å². The standard InChI is InChI=1S/C31H38FN3O4S/c1-5-23(3)33-31(37)29(20-25-10-8-7-9-11-25)34(21-26-12-16-27(32)17-13-26)30(36)22-35(40(4,38)39)28-18-14-24(6-2)15-19-28/h7-19,23,29H,5-6,20-22H2,1-4H3,(H,33,37)/t23-,29-/m0/s1. The summed E-state index contributed by atoms with van der Waals surface area (Å²) in [6, 6.07) is 21.0. The zero-order chi connectivity index (χ0) is 29.3. The van der Waals surface area contributed by atoms with Gasteiger partial charge >= 0.3 is 0 Å². The third-order valence-corrected chi connectivity index (χ3v) is 7.99. The predicted molar refractivity (Wildman–Crippen MR) is 157 cm³/mol. The molecular formula is C31H38FN3O4S. The number of aryl methyl sites for hydroxylation is 1. The smallest absolute Gasteiger partial charge is 0.244 e. The Hall–Kier alpha value is -3.72. The van der Waals surface area contributed by atoms with Crippen LogP contribution in [-0.2, 0) is 39.0 Å². The predicted octanol–water partition coefficient (Wildman–Crippen LogP) is 4.71. The van der Waals surface area contributed by atoms with E-state index in [4.69, 9.17) is 0 Å². The summed E-state index contributed by atoms with van der Waals surface area (Å²) in [5.41, 5.74) is 2.85. The second kappa shape index (κ2) is 14.1. The third-order valence-electron chi connectivity index (χ3n) is 6.85. The fourth-order valence-corrected chi connectivity index (χ4v) is 5.14. The van der Waals surface area contributed by atoms with Crippen LogP contribution in [0.25, 0.3) is 0 Å². The van der Waals surface area contributed by atoms with E-state index in [9.17, 15) is 22.4 Å². The number of amides is 2. The maximum absolute atomic E-state index is 14.0. The lowest BCUT2D eigenvalue weighted by atomic mass is 10.0. The van der Waals surface area contributed by atoms with Gasteiger partial charge in [0.25, 0.3) is 0 Å². The van der Waals surface area contributed by atoms with Gasteiger partial charge < -0.3 is 10.2 Å². The van der Waals surface area contributed by atoms with Crippen LogP contribution in [-0.4, -0.2) is 50.0 Å². The average molecular weight is 568 g/mol. The average Bonchev–Trinajstić information content (AvgIpc) is 2.94. The molecular weight excluding hydrogens is 529 g/mol. The van der Waals surface area contributed by atoms with Crippen LogP contribution in [0.5, 0.6) is 0 Å². The minimum absolute atomic E-state index is 0.00306. The van der Waals surface area contributed by atoms with Gasteiger partial charge in [0.05, 0.1) is 11.9 Å². The van der Waals surface area contributed by atoms with Crippen molar-refractivity contribution in [2.75, 3.05) is 17.1 Å². The summed E-state index contributed by atoms with van der Waals surface area (Å²) < 4.78 is 40.4. The molecule has 0 saturated carbocycles. The molecule has 0 heterocycles. The fourth-order valence-electron chi connectivity index (χ4n) is 4.29. The molecule has 3 aromatic carbocycles. The van der Waals surface area contributed by atoms with Crippen LogP contribution < -0.4 is 9.62 Å². The van der Waals surface area contributed by atoms with Gasteiger partial charge in [0, 0.05) is 19.0 Å². The number of anilines is 1. The normalized spacial score (nSPS) is 12.8. The summed E-state index contributed by atoms with van der Waals surface area (Å²) in [6.07, 6.45) is 2.76. The van der Waals surface area contributed by atoms with Crippen molar-refractivity contribution in [2.45, 2.75) is 58.7 Å². The highest BCUT2D eigenvalue weighted by atomic mass is 32.2. The Kier molecular flexibility index (Phi) is 10.8. The molecule has 3 rings (SSSR count). The van der Waals surface area contributed by atoms with Crippen LogP contribution in [0.2, 0.25) is 0 Å². The summed E-state index contributed by atoms with van der Waals surface area (Å²) in [7, 11) is -3.84. The number of hydrogen-bond donors (Lipinski definition) is 1. The van der Waals surface area contributed by atoms with E-state index in [2.05, 4.69) is 5.32 Å². The van der Waals surface area contributed by atoms with Gasteiger partial charge in [0.2, 0.25) is 21.8 Å². The number of rotatable bonds is 13. The first-order chi connectivity index (χ1) is 19.0. The Morgan fingerprint density at radius 3 is 2.02 bits per heavy atom. The van der Waals surface area contributed by atoms with E-state index in [1.165, 1.54) is 17.0 Å². The SMILES string of the molecule is CCc1ccc(N(CC(=O)N(Cc2ccc(F)cc2)[C@@H](Cc2ccccc2)C(=O)N[C@@H](C)CC)S(C)(=O)=O)cc1. The van der Waals surface area contributed by atoms with Gasteiger partial charge in [-0.3, -0.25) is 13.9 Å². The van der Waals surface area contributed by atoms with Gasteiger partial charge in [-0.25, -0.2) is 12.8 Å². The molecule has 0 aliphatic heterocycles. The topological polar surface area (TPSA) is 86.8 Å². The number of carbonyl (C=O) groups excluding carboxylic acids is 2. The van der Waals surface area contributed by atoms with E-state index >= 15 is 0 Å². The van der Waals surface area contributed by atoms with Gasteiger partial charge in [0.15, 0.2) is 0 Å². The number of nitrogens with one attached hydrogen (secondary N) is 1. The van der Waals surface area contributed by atoms with E-state index in [1.54, 1.807) is 24.3 Å². The fraction of sp³-hybridized carbons (Fsp3) is 0.355. The van der Waals surface area contributed by atoms with Gasteiger partial charge in [-0.05, 0) is 60.7 Å². The van der Waals surface area contributed by atoms with Crippen molar-refractivity contribution in [3.05, 3.63) is 101 Å². The molecule has 0 unspecified atom stereocenters. The zero-order valence-electron chi connectivity index (χ0n) is 23.5. The van der Waals surface area contributed by atoms with Crippen molar-refractivity contribution >= 4 is 27.5 Å². The van der Waals surface area contributed by atoms with E-state index in [-0.39, 0.29) is 24.9 Å². The van der Waals surface area contributed by atoms with E-state index < -0.39 is 34.3 Å². The second-order valence-electron chi connectivity index (χ2n) is 9.96. The van der Waals surface area contributed by atoms with Crippen molar-refractivity contribution in [2.24, 2.45) is 0 Å². The lowest BCUT2D eigenvalue weighted by Gasteiger charge is -2.34. The molecule has 9 heteroatoms. The van der Waals surface area contributed by atoms with Crippen molar-refractivity contribution in [1.29, 1.82) is 0 Å². The summed E-state index contributed by atoms with van der Waals surface area (Å²) in [6.45, 7) is 5.34. The number of benzene rings is 3. The first kappa shape index (κ1) is 30.8. The van der Waals surface area contributed by atoms with Gasteiger partial charge in [0.1, 0.15) is 18.4 Å². The number of hydrogen-bond acceptors (Lipinski definition) is 4. The molecule has 0 aromatic heterocycles. The zero-order valence-corrected chi connectivity index (χ0v) is 24.3. The Bertz CT molecular complexity index is 1360. The Labute approximate surface area is 237 Å². The summed E-state index contributed by atoms with van der Waals surface area (Å²) in [4.78, 5) is 29.1. The van der Waals surface area contributed by atoms with Crippen molar-refractivity contribution in [3.8, 4) is 0 Å². The Balaban J connectivity index is 2.04. The Morgan fingerprint density at radius 2 is 1.48 bits per heavy atom. The van der Waals surface area contributed by atoms with E-state index in [0.29, 0.717) is 17.7 Å². The van der Waals surface area contributed by atoms with Crippen LogP contribution in [0.15, 0.2) is 78.9 Å². The van der Waals surface area contributed by atoms with E-state index in [0.717, 1.165) is 28.1 Å². The molecule has 2 amide bonds. The van der Waals surface area contributed by atoms with Crippen molar-refractivity contribution in [1.82, 2.24) is 10.2 Å². The Morgan fingerprint density at radius 1 is 0.875 bits per heavy atom. The van der Waals surface area contributed by atoms with Crippen molar-refractivity contribution < 1.29 is 22.4 Å². The van der Waals surface area contributed by atoms with Crippen LogP contribution in [0, 0.1) is 5.82 Å². The second-order valence-corrected chi connectivity index (χ2v) is 11.9. The quantitative estimate of drug-likeness (QED) is 0.324. The molecule has 0 saturated heterocycles. The molecule has 40 heavy (non-hydrogen) atoms. The number of carbonyl (C=O) groups is 2.